The number of aromatic nitrogens is 2. The van der Waals surface area contributed by atoms with Gasteiger partial charge in [0.15, 0.2) is 0 Å². The second kappa shape index (κ2) is 6.95. The van der Waals surface area contributed by atoms with Crippen LogP contribution in [0, 0.1) is 0 Å². The number of H-pyrrole nitrogens is 1. The SMILES string of the molecule is O=C(O)c1cc(Oc2nc3cc(-c4ccccc4)c(Cl)cc3[nH]2)ccc1Cl. The molecule has 0 atom stereocenters. The fourth-order valence-electron chi connectivity index (χ4n) is 2.74. The standard InChI is InChI=1S/C20H12Cl2N2O3/c21-15-7-6-12(8-14(15)19(25)26)27-20-23-17-9-13(11-4-2-1-3-5-11)16(22)10-18(17)24-20/h1-10H,(H,23,24)(H,25,26). The zero-order valence-electron chi connectivity index (χ0n) is 13.7. The van der Waals surface area contributed by atoms with Crippen LogP contribution in [0.15, 0.2) is 60.7 Å². The summed E-state index contributed by atoms with van der Waals surface area (Å²) in [5, 5.41) is 9.89. The topological polar surface area (TPSA) is 75.2 Å². The summed E-state index contributed by atoms with van der Waals surface area (Å²) in [6.45, 7) is 0. The summed E-state index contributed by atoms with van der Waals surface area (Å²) in [4.78, 5) is 18.6. The lowest BCUT2D eigenvalue weighted by atomic mass is 10.1. The van der Waals surface area contributed by atoms with Gasteiger partial charge in [-0.25, -0.2) is 4.79 Å². The minimum absolute atomic E-state index is 0.0420. The van der Waals surface area contributed by atoms with E-state index in [1.54, 1.807) is 12.1 Å². The smallest absolute Gasteiger partial charge is 0.337 e. The predicted molar refractivity (Wildman–Crippen MR) is 105 cm³/mol. The minimum atomic E-state index is -1.13. The van der Waals surface area contributed by atoms with Crippen LogP contribution in [-0.2, 0) is 0 Å². The molecular weight excluding hydrogens is 387 g/mol. The molecule has 0 aliphatic rings. The van der Waals surface area contributed by atoms with Crippen molar-refractivity contribution in [2.45, 2.75) is 0 Å². The number of nitrogens with one attached hydrogen (secondary N) is 1. The van der Waals surface area contributed by atoms with Crippen LogP contribution in [0.2, 0.25) is 10.0 Å². The molecule has 1 heterocycles. The third-order valence-corrected chi connectivity index (χ3v) is 4.66. The second-order valence-electron chi connectivity index (χ2n) is 5.81. The van der Waals surface area contributed by atoms with E-state index in [-0.39, 0.29) is 16.6 Å². The van der Waals surface area contributed by atoms with Crippen molar-refractivity contribution in [2.24, 2.45) is 0 Å². The Balaban J connectivity index is 1.70. The lowest BCUT2D eigenvalue weighted by Crippen LogP contribution is -1.98. The van der Waals surface area contributed by atoms with E-state index in [9.17, 15) is 4.79 Å². The Labute approximate surface area is 164 Å². The zero-order chi connectivity index (χ0) is 19.0. The van der Waals surface area contributed by atoms with Crippen LogP contribution in [0.5, 0.6) is 11.8 Å². The van der Waals surface area contributed by atoms with E-state index in [0.29, 0.717) is 21.8 Å². The fraction of sp³-hybridized carbons (Fsp3) is 0. The van der Waals surface area contributed by atoms with E-state index in [0.717, 1.165) is 11.1 Å². The highest BCUT2D eigenvalue weighted by Crippen LogP contribution is 2.33. The predicted octanol–water partition coefficient (Wildman–Crippen LogP) is 6.03. The fourth-order valence-corrected chi connectivity index (χ4v) is 3.21. The molecule has 0 amide bonds. The minimum Gasteiger partial charge on any atom is -0.478 e. The first-order valence-corrected chi connectivity index (χ1v) is 8.72. The molecule has 4 rings (SSSR count). The van der Waals surface area contributed by atoms with Gasteiger partial charge in [-0.1, -0.05) is 53.5 Å². The number of nitrogens with zero attached hydrogens (tertiary/aromatic N) is 1. The van der Waals surface area contributed by atoms with E-state index >= 15 is 0 Å². The lowest BCUT2D eigenvalue weighted by molar-refractivity contribution is 0.0696. The van der Waals surface area contributed by atoms with Gasteiger partial charge in [0.05, 0.1) is 26.6 Å². The Hall–Kier alpha value is -3.02. The van der Waals surface area contributed by atoms with Crippen molar-refractivity contribution in [1.29, 1.82) is 0 Å². The number of hydrogen-bond donors (Lipinski definition) is 2. The van der Waals surface area contributed by atoms with Gasteiger partial charge in [-0.3, -0.25) is 0 Å². The van der Waals surface area contributed by atoms with Crippen LogP contribution in [0.3, 0.4) is 0 Å². The molecule has 0 unspecified atom stereocenters. The molecule has 0 fully saturated rings. The second-order valence-corrected chi connectivity index (χ2v) is 6.62. The van der Waals surface area contributed by atoms with Gasteiger partial charge in [0.2, 0.25) is 0 Å². The van der Waals surface area contributed by atoms with Crippen LogP contribution in [-0.4, -0.2) is 21.0 Å². The van der Waals surface area contributed by atoms with Crippen molar-refractivity contribution in [3.8, 4) is 22.9 Å². The lowest BCUT2D eigenvalue weighted by Gasteiger charge is -2.04. The first-order valence-electron chi connectivity index (χ1n) is 7.96. The van der Waals surface area contributed by atoms with E-state index in [1.807, 2.05) is 36.4 Å². The number of benzene rings is 3. The Morgan fingerprint density at radius 2 is 1.78 bits per heavy atom. The number of carboxylic acids is 1. The molecule has 0 aliphatic heterocycles. The summed E-state index contributed by atoms with van der Waals surface area (Å²) >= 11 is 12.3. The molecular formula is C20H12Cl2N2O3. The average molecular weight is 399 g/mol. The summed E-state index contributed by atoms with van der Waals surface area (Å²) in [5.41, 5.74) is 3.20. The number of imidazole rings is 1. The van der Waals surface area contributed by atoms with Gasteiger partial charge in [-0.15, -0.1) is 0 Å². The van der Waals surface area contributed by atoms with Crippen LogP contribution >= 0.6 is 23.2 Å². The van der Waals surface area contributed by atoms with Crippen LogP contribution in [0.25, 0.3) is 22.2 Å². The van der Waals surface area contributed by atoms with Crippen molar-refractivity contribution in [1.82, 2.24) is 9.97 Å². The van der Waals surface area contributed by atoms with Gasteiger partial charge in [-0.2, -0.15) is 4.98 Å². The van der Waals surface area contributed by atoms with Crippen LogP contribution in [0.1, 0.15) is 10.4 Å². The Morgan fingerprint density at radius 1 is 1.00 bits per heavy atom. The van der Waals surface area contributed by atoms with E-state index in [2.05, 4.69) is 9.97 Å². The molecule has 0 saturated carbocycles. The van der Waals surface area contributed by atoms with Crippen LogP contribution in [0.4, 0.5) is 0 Å². The average Bonchev–Trinajstić information content (AvgIpc) is 3.04. The number of ether oxygens (including phenoxy) is 1. The van der Waals surface area contributed by atoms with Gasteiger partial charge < -0.3 is 14.8 Å². The monoisotopic (exact) mass is 398 g/mol. The van der Waals surface area contributed by atoms with Gasteiger partial charge >= 0.3 is 5.97 Å². The van der Waals surface area contributed by atoms with E-state index in [1.165, 1.54) is 12.1 Å². The third-order valence-electron chi connectivity index (χ3n) is 4.02. The molecule has 1 aromatic heterocycles. The summed E-state index contributed by atoms with van der Waals surface area (Å²) in [5.74, 6) is -0.820. The molecule has 27 heavy (non-hydrogen) atoms. The molecule has 5 nitrogen and oxygen atoms in total. The number of halogens is 2. The van der Waals surface area contributed by atoms with Gasteiger partial charge in [-0.05, 0) is 35.9 Å². The maximum Gasteiger partial charge on any atom is 0.337 e. The number of hydrogen-bond acceptors (Lipinski definition) is 3. The maximum atomic E-state index is 11.2. The molecule has 0 saturated heterocycles. The Bertz CT molecular complexity index is 1160. The van der Waals surface area contributed by atoms with E-state index in [4.69, 9.17) is 33.0 Å². The normalized spacial score (nSPS) is 10.9. The quantitative estimate of drug-likeness (QED) is 0.440. The molecule has 2 N–H and O–H groups in total. The van der Waals surface area contributed by atoms with Gasteiger partial charge in [0.1, 0.15) is 5.75 Å². The maximum absolute atomic E-state index is 11.2. The van der Waals surface area contributed by atoms with Crippen molar-refractivity contribution in [3.63, 3.8) is 0 Å². The van der Waals surface area contributed by atoms with Crippen molar-refractivity contribution in [2.75, 3.05) is 0 Å². The zero-order valence-corrected chi connectivity index (χ0v) is 15.3. The molecule has 0 bridgehead atoms. The highest BCUT2D eigenvalue weighted by atomic mass is 35.5. The molecule has 3 aromatic carbocycles. The van der Waals surface area contributed by atoms with Crippen molar-refractivity contribution >= 4 is 40.2 Å². The number of aromatic amines is 1. The molecule has 7 heteroatoms. The van der Waals surface area contributed by atoms with Crippen LogP contribution < -0.4 is 4.74 Å². The highest BCUT2D eigenvalue weighted by molar-refractivity contribution is 6.34. The largest absolute Gasteiger partial charge is 0.478 e. The Morgan fingerprint density at radius 3 is 2.52 bits per heavy atom. The Kier molecular flexibility index (Phi) is 4.48. The summed E-state index contributed by atoms with van der Waals surface area (Å²) in [7, 11) is 0. The van der Waals surface area contributed by atoms with Crippen molar-refractivity contribution < 1.29 is 14.6 Å². The molecule has 0 spiro atoms. The third kappa shape index (κ3) is 3.47. The molecule has 4 aromatic rings. The molecule has 0 aliphatic carbocycles. The number of carbonyl (C=O) groups is 1. The number of aromatic carboxylic acids is 1. The van der Waals surface area contributed by atoms with Gasteiger partial charge in [0.25, 0.3) is 6.01 Å². The van der Waals surface area contributed by atoms with Gasteiger partial charge in [0, 0.05) is 5.56 Å². The molecule has 134 valence electrons. The number of carboxylic acid groups (broad SMARTS) is 1. The number of rotatable bonds is 4. The first-order chi connectivity index (χ1) is 13.0. The number of fused-ring (bicyclic) bond motifs is 1. The summed E-state index contributed by atoms with van der Waals surface area (Å²) in [6, 6.07) is 18.0. The highest BCUT2D eigenvalue weighted by Gasteiger charge is 2.13. The van der Waals surface area contributed by atoms with Crippen molar-refractivity contribution in [3.05, 3.63) is 76.3 Å². The molecule has 0 radical (unpaired) electrons. The summed E-state index contributed by atoms with van der Waals surface area (Å²) < 4.78 is 5.66. The summed E-state index contributed by atoms with van der Waals surface area (Å²) in [6.07, 6.45) is 0. The van der Waals surface area contributed by atoms with E-state index < -0.39 is 5.97 Å². The first kappa shape index (κ1) is 17.4.